The van der Waals surface area contributed by atoms with E-state index in [1.54, 1.807) is 36.4 Å². The van der Waals surface area contributed by atoms with Crippen molar-refractivity contribution in [3.63, 3.8) is 0 Å². The summed E-state index contributed by atoms with van der Waals surface area (Å²) in [5.41, 5.74) is 4.66. The zero-order valence-corrected chi connectivity index (χ0v) is 18.1. The molecule has 1 N–H and O–H groups in total. The first-order valence-corrected chi connectivity index (χ1v) is 10.1. The fourth-order valence-electron chi connectivity index (χ4n) is 2.76. The molecule has 0 spiro atoms. The molecule has 3 aromatic rings. The van der Waals surface area contributed by atoms with Crippen LogP contribution in [0.3, 0.4) is 0 Å². The molecular formula is C24H23ClN2O4. The Morgan fingerprint density at radius 1 is 1.00 bits per heavy atom. The number of nitrogens with zero attached hydrogens (tertiary/aromatic N) is 1. The molecule has 0 aromatic heterocycles. The second-order valence-electron chi connectivity index (χ2n) is 6.46. The van der Waals surface area contributed by atoms with Crippen LogP contribution in [0, 0.1) is 0 Å². The maximum absolute atomic E-state index is 12.4. The Hall–Kier alpha value is -3.51. The smallest absolute Gasteiger partial charge is 0.271 e. The monoisotopic (exact) mass is 438 g/mol. The van der Waals surface area contributed by atoms with Crippen LogP contribution in [-0.4, -0.2) is 25.8 Å². The zero-order chi connectivity index (χ0) is 22.1. The normalized spacial score (nSPS) is 10.7. The van der Waals surface area contributed by atoms with Gasteiger partial charge in [-0.3, -0.25) is 4.79 Å². The van der Waals surface area contributed by atoms with Crippen LogP contribution >= 0.6 is 11.6 Å². The van der Waals surface area contributed by atoms with Crippen molar-refractivity contribution in [2.24, 2.45) is 5.10 Å². The lowest BCUT2D eigenvalue weighted by molar-refractivity contribution is 0.0954. The van der Waals surface area contributed by atoms with Gasteiger partial charge in [-0.15, -0.1) is 0 Å². The van der Waals surface area contributed by atoms with Gasteiger partial charge in [0, 0.05) is 5.56 Å². The quantitative estimate of drug-likeness (QED) is 0.373. The van der Waals surface area contributed by atoms with Gasteiger partial charge in [0.15, 0.2) is 11.5 Å². The first-order valence-electron chi connectivity index (χ1n) is 9.71. The van der Waals surface area contributed by atoms with E-state index < -0.39 is 0 Å². The molecule has 7 heteroatoms. The minimum atomic E-state index is -0.374. The molecule has 0 heterocycles. The van der Waals surface area contributed by atoms with Gasteiger partial charge in [0.25, 0.3) is 5.91 Å². The third-order valence-electron chi connectivity index (χ3n) is 4.30. The van der Waals surface area contributed by atoms with E-state index >= 15 is 0 Å². The third kappa shape index (κ3) is 6.23. The minimum absolute atomic E-state index is 0.374. The molecule has 0 aliphatic rings. The number of halogens is 1. The fourth-order valence-corrected chi connectivity index (χ4v) is 3.01. The lowest BCUT2D eigenvalue weighted by Crippen LogP contribution is -2.17. The van der Waals surface area contributed by atoms with Crippen molar-refractivity contribution in [2.75, 3.05) is 13.7 Å². The van der Waals surface area contributed by atoms with Crippen molar-refractivity contribution in [2.45, 2.75) is 13.5 Å². The average molecular weight is 439 g/mol. The number of carbonyl (C=O) groups is 1. The van der Waals surface area contributed by atoms with Gasteiger partial charge in [-0.05, 0) is 54.4 Å². The molecule has 6 nitrogen and oxygen atoms in total. The molecule has 0 saturated heterocycles. The van der Waals surface area contributed by atoms with Crippen LogP contribution in [0.1, 0.15) is 28.4 Å². The van der Waals surface area contributed by atoms with Gasteiger partial charge < -0.3 is 14.2 Å². The van der Waals surface area contributed by atoms with Gasteiger partial charge in [0.05, 0.1) is 25.0 Å². The molecule has 0 aliphatic heterocycles. The average Bonchev–Trinajstić information content (AvgIpc) is 2.80. The van der Waals surface area contributed by atoms with Crippen molar-refractivity contribution < 1.29 is 19.0 Å². The number of nitrogens with one attached hydrogen (secondary N) is 1. The lowest BCUT2D eigenvalue weighted by Gasteiger charge is -2.12. The second kappa shape index (κ2) is 11.0. The maximum Gasteiger partial charge on any atom is 0.271 e. The molecule has 0 bridgehead atoms. The van der Waals surface area contributed by atoms with Crippen LogP contribution < -0.4 is 19.6 Å². The van der Waals surface area contributed by atoms with E-state index in [0.717, 1.165) is 11.1 Å². The Morgan fingerprint density at radius 3 is 2.48 bits per heavy atom. The summed E-state index contributed by atoms with van der Waals surface area (Å²) in [4.78, 5) is 12.4. The van der Waals surface area contributed by atoms with E-state index in [1.807, 2.05) is 37.3 Å². The van der Waals surface area contributed by atoms with Crippen LogP contribution in [0.4, 0.5) is 0 Å². The van der Waals surface area contributed by atoms with E-state index in [2.05, 4.69) is 10.5 Å². The highest BCUT2D eigenvalue weighted by atomic mass is 35.5. The Balaban J connectivity index is 1.62. The van der Waals surface area contributed by atoms with E-state index in [9.17, 15) is 4.79 Å². The molecule has 0 fully saturated rings. The second-order valence-corrected chi connectivity index (χ2v) is 6.87. The highest BCUT2D eigenvalue weighted by molar-refractivity contribution is 6.32. The van der Waals surface area contributed by atoms with Crippen LogP contribution in [0.25, 0.3) is 0 Å². The standard InChI is InChI=1S/C24H23ClN2O4/c1-3-30-21-11-9-18(13-20(21)25)15-26-27-24(28)19-10-12-22(23(14-19)29-2)31-16-17-7-5-4-6-8-17/h4-15H,3,16H2,1-2H3,(H,27,28)/b26-15+. The van der Waals surface area contributed by atoms with E-state index in [-0.39, 0.29) is 5.91 Å². The van der Waals surface area contributed by atoms with Gasteiger partial charge in [-0.25, -0.2) is 5.43 Å². The van der Waals surface area contributed by atoms with Gasteiger partial charge in [-0.2, -0.15) is 5.10 Å². The minimum Gasteiger partial charge on any atom is -0.493 e. The maximum atomic E-state index is 12.4. The first-order chi connectivity index (χ1) is 15.1. The Labute approximate surface area is 186 Å². The van der Waals surface area contributed by atoms with Gasteiger partial charge in [-0.1, -0.05) is 41.9 Å². The highest BCUT2D eigenvalue weighted by Gasteiger charge is 2.11. The Kier molecular flexibility index (Phi) is 7.90. The van der Waals surface area contributed by atoms with Gasteiger partial charge >= 0.3 is 0 Å². The summed E-state index contributed by atoms with van der Waals surface area (Å²) in [6.07, 6.45) is 1.51. The van der Waals surface area contributed by atoms with E-state index in [4.69, 9.17) is 25.8 Å². The zero-order valence-electron chi connectivity index (χ0n) is 17.3. The van der Waals surface area contributed by atoms with E-state index in [0.29, 0.717) is 41.0 Å². The Morgan fingerprint density at radius 2 is 1.77 bits per heavy atom. The summed E-state index contributed by atoms with van der Waals surface area (Å²) >= 11 is 6.16. The van der Waals surface area contributed by atoms with Crippen LogP contribution in [0.2, 0.25) is 5.02 Å². The lowest BCUT2D eigenvalue weighted by atomic mass is 10.2. The van der Waals surface area contributed by atoms with Gasteiger partial charge in [0.2, 0.25) is 0 Å². The van der Waals surface area contributed by atoms with Crippen molar-refractivity contribution in [1.82, 2.24) is 5.43 Å². The number of methoxy groups -OCH3 is 1. The largest absolute Gasteiger partial charge is 0.493 e. The summed E-state index contributed by atoms with van der Waals surface area (Å²) in [6, 6.07) is 20.0. The molecule has 1 amide bonds. The van der Waals surface area contributed by atoms with Crippen molar-refractivity contribution in [1.29, 1.82) is 0 Å². The van der Waals surface area contributed by atoms with Crippen molar-refractivity contribution >= 4 is 23.7 Å². The summed E-state index contributed by atoms with van der Waals surface area (Å²) in [5.74, 6) is 1.24. The molecule has 0 unspecified atom stereocenters. The van der Waals surface area contributed by atoms with Crippen molar-refractivity contribution in [3.05, 3.63) is 88.4 Å². The SMILES string of the molecule is CCOc1ccc(/C=N/NC(=O)c2ccc(OCc3ccccc3)c(OC)c2)cc1Cl. The fraction of sp³-hybridized carbons (Fsp3) is 0.167. The highest BCUT2D eigenvalue weighted by Crippen LogP contribution is 2.29. The first kappa shape index (κ1) is 22.2. The molecule has 0 radical (unpaired) electrons. The topological polar surface area (TPSA) is 69.2 Å². The number of carbonyl (C=O) groups excluding carboxylic acids is 1. The summed E-state index contributed by atoms with van der Waals surface area (Å²) in [7, 11) is 1.53. The van der Waals surface area contributed by atoms with Crippen LogP contribution in [-0.2, 0) is 6.61 Å². The summed E-state index contributed by atoms with van der Waals surface area (Å²) < 4.78 is 16.6. The molecular weight excluding hydrogens is 416 g/mol. The number of hydrogen-bond acceptors (Lipinski definition) is 5. The summed E-state index contributed by atoms with van der Waals surface area (Å²) in [6.45, 7) is 2.82. The van der Waals surface area contributed by atoms with E-state index in [1.165, 1.54) is 13.3 Å². The number of amides is 1. The van der Waals surface area contributed by atoms with Gasteiger partial charge in [0.1, 0.15) is 12.4 Å². The molecule has 3 aromatic carbocycles. The van der Waals surface area contributed by atoms with Crippen molar-refractivity contribution in [3.8, 4) is 17.2 Å². The number of hydrazone groups is 1. The number of ether oxygens (including phenoxy) is 3. The molecule has 0 aliphatic carbocycles. The molecule has 160 valence electrons. The number of rotatable bonds is 9. The number of hydrogen-bond donors (Lipinski definition) is 1. The predicted octanol–water partition coefficient (Wildman–Crippen LogP) is 5.09. The predicted molar refractivity (Wildman–Crippen MR) is 121 cm³/mol. The molecule has 0 atom stereocenters. The third-order valence-corrected chi connectivity index (χ3v) is 4.59. The van der Waals surface area contributed by atoms with Crippen LogP contribution in [0.15, 0.2) is 71.8 Å². The molecule has 31 heavy (non-hydrogen) atoms. The Bertz CT molecular complexity index is 1050. The molecule has 3 rings (SSSR count). The molecule has 0 saturated carbocycles. The summed E-state index contributed by atoms with van der Waals surface area (Å²) in [5, 5.41) is 4.47. The van der Waals surface area contributed by atoms with Crippen LogP contribution in [0.5, 0.6) is 17.2 Å². The number of benzene rings is 3.